The Bertz CT molecular complexity index is 792. The van der Waals surface area contributed by atoms with E-state index in [2.05, 4.69) is 10.6 Å². The number of ether oxygens (including phenoxy) is 2. The van der Waals surface area contributed by atoms with Crippen molar-refractivity contribution in [2.75, 3.05) is 19.8 Å². The van der Waals surface area contributed by atoms with Crippen LogP contribution in [0.15, 0.2) is 48.5 Å². The summed E-state index contributed by atoms with van der Waals surface area (Å²) in [5, 5.41) is 5.76. The second kappa shape index (κ2) is 9.07. The molecule has 142 valence electrons. The SMILES string of the molecule is CC(=O)N[C@H](CC(=O)NCCc1ccc2c(c1)OCCO2)c1ccccc1. The largest absolute Gasteiger partial charge is 0.486 e. The van der Waals surface area contributed by atoms with E-state index in [1.807, 2.05) is 48.5 Å². The summed E-state index contributed by atoms with van der Waals surface area (Å²) in [5.74, 6) is 1.25. The van der Waals surface area contributed by atoms with Gasteiger partial charge in [-0.05, 0) is 29.7 Å². The van der Waals surface area contributed by atoms with Gasteiger partial charge in [-0.1, -0.05) is 36.4 Å². The highest BCUT2D eigenvalue weighted by Crippen LogP contribution is 2.30. The van der Waals surface area contributed by atoms with Crippen LogP contribution in [0.4, 0.5) is 0 Å². The predicted octanol–water partition coefficient (Wildman–Crippen LogP) is 2.38. The average molecular weight is 368 g/mol. The van der Waals surface area contributed by atoms with Gasteiger partial charge in [0.25, 0.3) is 0 Å². The van der Waals surface area contributed by atoms with Crippen molar-refractivity contribution < 1.29 is 19.1 Å². The number of carbonyl (C=O) groups excluding carboxylic acids is 2. The molecule has 6 heteroatoms. The van der Waals surface area contributed by atoms with Gasteiger partial charge < -0.3 is 20.1 Å². The first kappa shape index (κ1) is 18.8. The molecular weight excluding hydrogens is 344 g/mol. The van der Waals surface area contributed by atoms with Gasteiger partial charge in [0.2, 0.25) is 11.8 Å². The molecule has 1 aliphatic rings. The lowest BCUT2D eigenvalue weighted by Gasteiger charge is -2.19. The van der Waals surface area contributed by atoms with Gasteiger partial charge in [0.1, 0.15) is 13.2 Å². The Morgan fingerprint density at radius 3 is 2.52 bits per heavy atom. The van der Waals surface area contributed by atoms with Crippen molar-refractivity contribution in [1.82, 2.24) is 10.6 Å². The van der Waals surface area contributed by atoms with Crippen molar-refractivity contribution >= 4 is 11.8 Å². The van der Waals surface area contributed by atoms with E-state index in [0.717, 1.165) is 22.6 Å². The standard InChI is InChI=1S/C21H24N2O4/c1-15(24)23-18(17-5-3-2-4-6-17)14-21(25)22-10-9-16-7-8-19-20(13-16)27-12-11-26-19/h2-8,13,18H,9-12,14H2,1H3,(H,22,25)(H,23,24)/t18-/m1/s1. The fourth-order valence-corrected chi connectivity index (χ4v) is 3.03. The summed E-state index contributed by atoms with van der Waals surface area (Å²) in [4.78, 5) is 23.8. The molecule has 2 N–H and O–H groups in total. The van der Waals surface area contributed by atoms with Crippen molar-refractivity contribution in [2.45, 2.75) is 25.8 Å². The molecule has 1 heterocycles. The summed E-state index contributed by atoms with van der Waals surface area (Å²) in [6.07, 6.45) is 0.892. The summed E-state index contributed by atoms with van der Waals surface area (Å²) in [6.45, 7) is 3.09. The van der Waals surface area contributed by atoms with E-state index in [1.165, 1.54) is 6.92 Å². The van der Waals surface area contributed by atoms with Gasteiger partial charge in [-0.25, -0.2) is 0 Å². The molecule has 0 unspecified atom stereocenters. The fraction of sp³-hybridized carbons (Fsp3) is 0.333. The fourth-order valence-electron chi connectivity index (χ4n) is 3.03. The molecule has 2 aromatic rings. The lowest BCUT2D eigenvalue weighted by atomic mass is 10.0. The monoisotopic (exact) mass is 368 g/mol. The van der Waals surface area contributed by atoms with Crippen LogP contribution in [0, 0.1) is 0 Å². The van der Waals surface area contributed by atoms with Crippen LogP contribution in [0.1, 0.15) is 30.5 Å². The summed E-state index contributed by atoms with van der Waals surface area (Å²) in [5.41, 5.74) is 1.98. The average Bonchev–Trinajstić information content (AvgIpc) is 2.68. The number of hydrogen-bond acceptors (Lipinski definition) is 4. The Morgan fingerprint density at radius 2 is 1.78 bits per heavy atom. The number of amides is 2. The zero-order chi connectivity index (χ0) is 19.1. The summed E-state index contributed by atoms with van der Waals surface area (Å²) in [7, 11) is 0. The molecule has 27 heavy (non-hydrogen) atoms. The Labute approximate surface area is 158 Å². The number of carbonyl (C=O) groups is 2. The molecule has 0 bridgehead atoms. The highest BCUT2D eigenvalue weighted by atomic mass is 16.6. The van der Waals surface area contributed by atoms with Gasteiger partial charge in [-0.15, -0.1) is 0 Å². The van der Waals surface area contributed by atoms with E-state index in [9.17, 15) is 9.59 Å². The number of nitrogens with one attached hydrogen (secondary N) is 2. The Morgan fingerprint density at radius 1 is 1.04 bits per heavy atom. The third-order valence-corrected chi connectivity index (χ3v) is 4.31. The number of benzene rings is 2. The van der Waals surface area contributed by atoms with Crippen LogP contribution in [0.2, 0.25) is 0 Å². The van der Waals surface area contributed by atoms with Crippen LogP contribution < -0.4 is 20.1 Å². The van der Waals surface area contributed by atoms with Gasteiger partial charge in [-0.2, -0.15) is 0 Å². The maximum atomic E-state index is 12.3. The molecule has 0 aliphatic carbocycles. The maximum absolute atomic E-state index is 12.3. The van der Waals surface area contributed by atoms with Crippen LogP contribution in [0.5, 0.6) is 11.5 Å². The van der Waals surface area contributed by atoms with Crippen LogP contribution in [-0.4, -0.2) is 31.6 Å². The number of fused-ring (bicyclic) bond motifs is 1. The molecule has 1 aliphatic heterocycles. The highest BCUT2D eigenvalue weighted by Gasteiger charge is 2.17. The second-order valence-corrected chi connectivity index (χ2v) is 6.45. The van der Waals surface area contributed by atoms with Gasteiger partial charge in [0.15, 0.2) is 11.5 Å². The molecule has 0 saturated heterocycles. The summed E-state index contributed by atoms with van der Waals surface area (Å²) in [6, 6.07) is 15.0. The molecule has 0 spiro atoms. The van der Waals surface area contributed by atoms with Crippen LogP contribution in [0.3, 0.4) is 0 Å². The smallest absolute Gasteiger partial charge is 0.222 e. The second-order valence-electron chi connectivity index (χ2n) is 6.45. The Balaban J connectivity index is 1.51. The van der Waals surface area contributed by atoms with Gasteiger partial charge >= 0.3 is 0 Å². The molecule has 3 rings (SSSR count). The van der Waals surface area contributed by atoms with Crippen molar-refractivity contribution in [3.05, 3.63) is 59.7 Å². The zero-order valence-electron chi connectivity index (χ0n) is 15.4. The van der Waals surface area contributed by atoms with Gasteiger partial charge in [0.05, 0.1) is 12.5 Å². The van der Waals surface area contributed by atoms with Crippen molar-refractivity contribution in [3.8, 4) is 11.5 Å². The molecule has 0 aromatic heterocycles. The van der Waals surface area contributed by atoms with E-state index in [0.29, 0.717) is 26.2 Å². The first-order valence-corrected chi connectivity index (χ1v) is 9.09. The quantitative estimate of drug-likeness (QED) is 0.787. The van der Waals surface area contributed by atoms with E-state index in [-0.39, 0.29) is 24.3 Å². The number of rotatable bonds is 7. The third kappa shape index (κ3) is 5.48. The molecule has 0 fully saturated rings. The number of hydrogen-bond donors (Lipinski definition) is 2. The van der Waals surface area contributed by atoms with Crippen LogP contribution in [0.25, 0.3) is 0 Å². The van der Waals surface area contributed by atoms with Crippen molar-refractivity contribution in [1.29, 1.82) is 0 Å². The molecule has 1 atom stereocenters. The summed E-state index contributed by atoms with van der Waals surface area (Å²) >= 11 is 0. The van der Waals surface area contributed by atoms with E-state index in [4.69, 9.17) is 9.47 Å². The highest BCUT2D eigenvalue weighted by molar-refractivity contribution is 5.79. The van der Waals surface area contributed by atoms with Crippen molar-refractivity contribution in [2.24, 2.45) is 0 Å². The zero-order valence-corrected chi connectivity index (χ0v) is 15.4. The van der Waals surface area contributed by atoms with E-state index in [1.54, 1.807) is 0 Å². The Kier molecular flexibility index (Phi) is 6.30. The Hall–Kier alpha value is -3.02. The minimum Gasteiger partial charge on any atom is -0.486 e. The molecular formula is C21H24N2O4. The first-order chi connectivity index (χ1) is 13.1. The molecule has 2 amide bonds. The van der Waals surface area contributed by atoms with Gasteiger partial charge in [-0.3, -0.25) is 9.59 Å². The minimum atomic E-state index is -0.335. The first-order valence-electron chi connectivity index (χ1n) is 9.09. The molecule has 0 saturated carbocycles. The maximum Gasteiger partial charge on any atom is 0.222 e. The molecule has 2 aromatic carbocycles. The lowest BCUT2D eigenvalue weighted by molar-refractivity contribution is -0.122. The molecule has 6 nitrogen and oxygen atoms in total. The summed E-state index contributed by atoms with van der Waals surface area (Å²) < 4.78 is 11.1. The van der Waals surface area contributed by atoms with E-state index >= 15 is 0 Å². The van der Waals surface area contributed by atoms with Crippen molar-refractivity contribution in [3.63, 3.8) is 0 Å². The van der Waals surface area contributed by atoms with Crippen LogP contribution in [-0.2, 0) is 16.0 Å². The predicted molar refractivity (Wildman–Crippen MR) is 102 cm³/mol. The van der Waals surface area contributed by atoms with Gasteiger partial charge in [0, 0.05) is 13.5 Å². The third-order valence-electron chi connectivity index (χ3n) is 4.31. The molecule has 0 radical (unpaired) electrons. The lowest BCUT2D eigenvalue weighted by Crippen LogP contribution is -2.33. The topological polar surface area (TPSA) is 76.7 Å². The minimum absolute atomic E-state index is 0.102. The normalized spacial score (nSPS) is 13.5. The van der Waals surface area contributed by atoms with Crippen LogP contribution >= 0.6 is 0 Å². The van der Waals surface area contributed by atoms with E-state index < -0.39 is 0 Å².